The predicted octanol–water partition coefficient (Wildman–Crippen LogP) is 4.61. The summed E-state index contributed by atoms with van der Waals surface area (Å²) in [6, 6.07) is 6.07. The van der Waals surface area contributed by atoms with Crippen molar-refractivity contribution in [2.75, 3.05) is 23.7 Å². The van der Waals surface area contributed by atoms with Crippen LogP contribution in [0.2, 0.25) is 0 Å². The third-order valence-electron chi connectivity index (χ3n) is 4.70. The van der Waals surface area contributed by atoms with Gasteiger partial charge in [-0.25, -0.2) is 0 Å². The van der Waals surface area contributed by atoms with Crippen LogP contribution in [0, 0.1) is 0 Å². The fraction of sp³-hybridized carbons (Fsp3) is 0.667. The van der Waals surface area contributed by atoms with Gasteiger partial charge < -0.3 is 15.4 Å². The van der Waals surface area contributed by atoms with E-state index in [9.17, 15) is 0 Å². The van der Waals surface area contributed by atoms with E-state index < -0.39 is 0 Å². The van der Waals surface area contributed by atoms with E-state index in [2.05, 4.69) is 31.7 Å². The van der Waals surface area contributed by atoms with Gasteiger partial charge in [-0.05, 0) is 31.4 Å². The minimum Gasteiger partial charge on any atom is -0.483 e. The van der Waals surface area contributed by atoms with Crippen LogP contribution in [0.15, 0.2) is 18.2 Å². The molecule has 0 radical (unpaired) electrons. The van der Waals surface area contributed by atoms with Crippen molar-refractivity contribution in [3.05, 3.63) is 18.2 Å². The lowest BCUT2D eigenvalue weighted by Crippen LogP contribution is -2.50. The Kier molecular flexibility index (Phi) is 5.38. The van der Waals surface area contributed by atoms with E-state index in [1.54, 1.807) is 0 Å². The molecule has 0 bridgehead atoms. The van der Waals surface area contributed by atoms with Gasteiger partial charge in [-0.1, -0.05) is 40.0 Å². The number of fused-ring (bicyclic) bond motifs is 1. The second-order valence-electron chi connectivity index (χ2n) is 6.20. The molecule has 1 aromatic rings. The minimum absolute atomic E-state index is 0.0639. The quantitative estimate of drug-likeness (QED) is 0.589. The molecule has 0 aromatic heterocycles. The average molecular weight is 290 g/mol. The highest BCUT2D eigenvalue weighted by Crippen LogP contribution is 2.40. The number of hydrogen-bond acceptors (Lipinski definition) is 3. The molecule has 118 valence electrons. The first kappa shape index (κ1) is 16.0. The second-order valence-corrected chi connectivity index (χ2v) is 6.20. The lowest BCUT2D eigenvalue weighted by atomic mass is 9.93. The summed E-state index contributed by atoms with van der Waals surface area (Å²) in [6.07, 6.45) is 7.23. The maximum Gasteiger partial charge on any atom is 0.145 e. The van der Waals surface area contributed by atoms with Gasteiger partial charge in [0, 0.05) is 18.3 Å². The lowest BCUT2D eigenvalue weighted by Gasteiger charge is -2.44. The van der Waals surface area contributed by atoms with Gasteiger partial charge in [0.25, 0.3) is 0 Å². The Morgan fingerprint density at radius 2 is 1.90 bits per heavy atom. The van der Waals surface area contributed by atoms with Crippen molar-refractivity contribution >= 4 is 11.4 Å². The summed E-state index contributed by atoms with van der Waals surface area (Å²) < 4.78 is 6.33. The van der Waals surface area contributed by atoms with Crippen LogP contribution in [0.1, 0.15) is 59.3 Å². The van der Waals surface area contributed by atoms with Crippen molar-refractivity contribution < 1.29 is 4.74 Å². The van der Waals surface area contributed by atoms with Gasteiger partial charge in [0.2, 0.25) is 0 Å². The number of rotatable bonds is 7. The van der Waals surface area contributed by atoms with E-state index in [4.69, 9.17) is 10.5 Å². The molecule has 1 aliphatic rings. The van der Waals surface area contributed by atoms with Gasteiger partial charge in [-0.3, -0.25) is 0 Å². The Balaban J connectivity index is 2.18. The molecular formula is C18H30N2O. The molecule has 0 saturated carbocycles. The highest BCUT2D eigenvalue weighted by molar-refractivity contribution is 5.65. The minimum atomic E-state index is -0.0639. The van der Waals surface area contributed by atoms with Crippen molar-refractivity contribution in [3.8, 4) is 5.75 Å². The number of unbranched alkanes of at least 4 members (excludes halogenated alkanes) is 3. The number of anilines is 2. The molecule has 0 saturated heterocycles. The highest BCUT2D eigenvalue weighted by Gasteiger charge is 2.36. The summed E-state index contributed by atoms with van der Waals surface area (Å²) in [5, 5.41) is 0. The number of nitrogen functional groups attached to an aromatic ring is 1. The van der Waals surface area contributed by atoms with Crippen LogP contribution in [0.25, 0.3) is 0 Å². The van der Waals surface area contributed by atoms with Crippen molar-refractivity contribution in [1.82, 2.24) is 0 Å². The molecule has 21 heavy (non-hydrogen) atoms. The Bertz CT molecular complexity index is 455. The zero-order valence-electron chi connectivity index (χ0n) is 13.8. The maximum absolute atomic E-state index is 6.33. The molecule has 0 spiro atoms. The molecular weight excluding hydrogens is 260 g/mol. The van der Waals surface area contributed by atoms with E-state index >= 15 is 0 Å². The van der Waals surface area contributed by atoms with Crippen molar-refractivity contribution in [3.63, 3.8) is 0 Å². The smallest absolute Gasteiger partial charge is 0.145 e. The number of nitrogens with zero attached hydrogens (tertiary/aromatic N) is 1. The molecule has 0 atom stereocenters. The number of hydrogen-bond donors (Lipinski definition) is 1. The first-order valence-electron chi connectivity index (χ1n) is 8.47. The summed E-state index contributed by atoms with van der Waals surface area (Å²) in [5.74, 6) is 0.959. The normalized spacial score (nSPS) is 16.4. The third kappa shape index (κ3) is 3.63. The summed E-state index contributed by atoms with van der Waals surface area (Å²) in [4.78, 5) is 2.50. The Morgan fingerprint density at radius 3 is 2.57 bits per heavy atom. The van der Waals surface area contributed by atoms with Gasteiger partial charge in [0.15, 0.2) is 0 Å². The molecule has 0 fully saturated rings. The topological polar surface area (TPSA) is 38.5 Å². The number of benzene rings is 1. The van der Waals surface area contributed by atoms with Gasteiger partial charge in [0.05, 0.1) is 12.2 Å². The number of nitrogens with two attached hydrogens (primary N) is 1. The summed E-state index contributed by atoms with van der Waals surface area (Å²) in [7, 11) is 0. The predicted molar refractivity (Wildman–Crippen MR) is 91.2 cm³/mol. The summed E-state index contributed by atoms with van der Waals surface area (Å²) >= 11 is 0. The van der Waals surface area contributed by atoms with Crippen LogP contribution in [-0.4, -0.2) is 18.7 Å². The molecule has 0 aliphatic carbocycles. The molecule has 3 nitrogen and oxygen atoms in total. The lowest BCUT2D eigenvalue weighted by molar-refractivity contribution is 0.0574. The van der Waals surface area contributed by atoms with E-state index in [1.807, 2.05) is 12.1 Å². The largest absolute Gasteiger partial charge is 0.483 e. The molecule has 2 N–H and O–H groups in total. The summed E-state index contributed by atoms with van der Waals surface area (Å²) in [5.41, 5.74) is 7.86. The Labute approximate surface area is 129 Å². The van der Waals surface area contributed by atoms with Gasteiger partial charge in [0.1, 0.15) is 11.4 Å². The molecule has 2 rings (SSSR count). The maximum atomic E-state index is 6.33. The zero-order chi connectivity index (χ0) is 15.3. The Morgan fingerprint density at radius 1 is 1.14 bits per heavy atom. The average Bonchev–Trinajstić information content (AvgIpc) is 2.50. The molecule has 3 heteroatoms. The molecule has 1 aromatic carbocycles. The van der Waals surface area contributed by atoms with Crippen LogP contribution in [0.3, 0.4) is 0 Å². The standard InChI is InChI=1S/C18H30N2O/c1-4-7-8-9-12-20-14-18(5-2,6-3)21-17-13-15(19)10-11-16(17)20/h10-11,13H,4-9,12,14,19H2,1-3H3. The molecule has 1 heterocycles. The van der Waals surface area contributed by atoms with E-state index in [0.717, 1.165) is 37.4 Å². The summed E-state index contributed by atoms with van der Waals surface area (Å²) in [6.45, 7) is 8.79. The van der Waals surface area contributed by atoms with E-state index in [-0.39, 0.29) is 5.60 Å². The van der Waals surface area contributed by atoms with Crippen molar-refractivity contribution in [1.29, 1.82) is 0 Å². The van der Waals surface area contributed by atoms with Gasteiger partial charge >= 0.3 is 0 Å². The third-order valence-corrected chi connectivity index (χ3v) is 4.70. The molecule has 0 unspecified atom stereocenters. The zero-order valence-corrected chi connectivity index (χ0v) is 13.8. The second kappa shape index (κ2) is 7.06. The van der Waals surface area contributed by atoms with E-state index in [1.165, 1.54) is 31.4 Å². The first-order valence-corrected chi connectivity index (χ1v) is 8.47. The fourth-order valence-electron chi connectivity index (χ4n) is 3.12. The van der Waals surface area contributed by atoms with E-state index in [0.29, 0.717) is 0 Å². The van der Waals surface area contributed by atoms with Crippen LogP contribution >= 0.6 is 0 Å². The molecule has 0 amide bonds. The van der Waals surface area contributed by atoms with Crippen LogP contribution in [0.4, 0.5) is 11.4 Å². The highest BCUT2D eigenvalue weighted by atomic mass is 16.5. The fourth-order valence-corrected chi connectivity index (χ4v) is 3.12. The molecule has 1 aliphatic heterocycles. The number of ether oxygens (including phenoxy) is 1. The monoisotopic (exact) mass is 290 g/mol. The van der Waals surface area contributed by atoms with Crippen LogP contribution in [0.5, 0.6) is 5.75 Å². The van der Waals surface area contributed by atoms with Gasteiger partial charge in [-0.2, -0.15) is 0 Å². The van der Waals surface area contributed by atoms with Crippen molar-refractivity contribution in [2.45, 2.75) is 64.9 Å². The Hall–Kier alpha value is -1.38. The van der Waals surface area contributed by atoms with Gasteiger partial charge in [-0.15, -0.1) is 0 Å². The van der Waals surface area contributed by atoms with Crippen LogP contribution in [-0.2, 0) is 0 Å². The van der Waals surface area contributed by atoms with Crippen molar-refractivity contribution in [2.24, 2.45) is 0 Å². The van der Waals surface area contributed by atoms with Crippen LogP contribution < -0.4 is 15.4 Å². The first-order chi connectivity index (χ1) is 10.1. The SMILES string of the molecule is CCCCCCN1CC(CC)(CC)Oc2cc(N)ccc21.